The van der Waals surface area contributed by atoms with Crippen molar-refractivity contribution in [2.75, 3.05) is 0 Å². The summed E-state index contributed by atoms with van der Waals surface area (Å²) < 4.78 is 0. The highest BCUT2D eigenvalue weighted by Crippen LogP contribution is 2.13. The van der Waals surface area contributed by atoms with Crippen LogP contribution < -0.4 is 0 Å². The first-order valence-corrected chi connectivity index (χ1v) is 3.51. The molecule has 1 aromatic carbocycles. The number of aromatic nitrogens is 2. The lowest BCUT2D eigenvalue weighted by atomic mass is 10.2. The number of benzene rings is 1. The van der Waals surface area contributed by atoms with Crippen LogP contribution >= 0.6 is 0 Å². The van der Waals surface area contributed by atoms with Crippen molar-refractivity contribution in [3.63, 3.8) is 0 Å². The quantitative estimate of drug-likeness (QED) is 0.682. The van der Waals surface area contributed by atoms with Crippen LogP contribution in [0.15, 0.2) is 42.6 Å². The summed E-state index contributed by atoms with van der Waals surface area (Å²) in [7, 11) is 0. The predicted octanol–water partition coefficient (Wildman–Crippen LogP) is 2.71. The lowest BCUT2D eigenvalue weighted by Crippen LogP contribution is -1.75. The van der Waals surface area contributed by atoms with Gasteiger partial charge in [-0.25, -0.2) is 0 Å². The predicted molar refractivity (Wildman–Crippen MR) is 50.8 cm³/mol. The van der Waals surface area contributed by atoms with Gasteiger partial charge in [-0.05, 0) is 11.6 Å². The van der Waals surface area contributed by atoms with E-state index in [9.17, 15) is 0 Å². The number of hydrogen-bond acceptors (Lipinski definition) is 1. The minimum absolute atomic E-state index is 0. The summed E-state index contributed by atoms with van der Waals surface area (Å²) in [6.07, 6.45) is 1.75. The van der Waals surface area contributed by atoms with Gasteiger partial charge in [-0.3, -0.25) is 5.10 Å². The number of hydrogen-bond donors (Lipinski definition) is 1. The Morgan fingerprint density at radius 3 is 2.33 bits per heavy atom. The van der Waals surface area contributed by atoms with Gasteiger partial charge in [0.25, 0.3) is 0 Å². The number of nitrogens with zero attached hydrogens (tertiary/aromatic N) is 1. The monoisotopic (exact) mass is 160 g/mol. The molecule has 1 heterocycles. The highest BCUT2D eigenvalue weighted by atomic mass is 15.1. The molecule has 0 radical (unpaired) electrons. The maximum atomic E-state index is 3.87. The van der Waals surface area contributed by atoms with E-state index in [0.717, 1.165) is 5.69 Å². The molecule has 12 heavy (non-hydrogen) atoms. The zero-order valence-corrected chi connectivity index (χ0v) is 5.99. The summed E-state index contributed by atoms with van der Waals surface area (Å²) in [6.45, 7) is 0. The van der Waals surface area contributed by atoms with E-state index in [1.165, 1.54) is 5.56 Å². The van der Waals surface area contributed by atoms with Crippen molar-refractivity contribution in [2.24, 2.45) is 0 Å². The van der Waals surface area contributed by atoms with Gasteiger partial charge in [0.1, 0.15) is 0 Å². The minimum Gasteiger partial charge on any atom is -0.278 e. The van der Waals surface area contributed by atoms with E-state index in [2.05, 4.69) is 10.2 Å². The molecule has 1 N–H and O–H groups in total. The largest absolute Gasteiger partial charge is 0.278 e. The van der Waals surface area contributed by atoms with Crippen LogP contribution in [0.25, 0.3) is 11.3 Å². The second-order valence-corrected chi connectivity index (χ2v) is 2.34. The zero-order valence-electron chi connectivity index (χ0n) is 5.99. The fourth-order valence-corrected chi connectivity index (χ4v) is 1.03. The molecule has 2 heteroatoms. The van der Waals surface area contributed by atoms with Crippen molar-refractivity contribution >= 4 is 0 Å². The average molecular weight is 160 g/mol. The van der Waals surface area contributed by atoms with Gasteiger partial charge in [-0.15, -0.1) is 0 Å². The van der Waals surface area contributed by atoms with E-state index in [1.807, 2.05) is 36.4 Å². The Kier molecular flexibility index (Phi) is 2.64. The van der Waals surface area contributed by atoms with E-state index in [0.29, 0.717) is 0 Å². The lowest BCUT2D eigenvalue weighted by Gasteiger charge is -1.93. The summed E-state index contributed by atoms with van der Waals surface area (Å²) in [4.78, 5) is 0. The maximum Gasteiger partial charge on any atom is 0.0650 e. The zero-order chi connectivity index (χ0) is 7.52. The van der Waals surface area contributed by atoms with Gasteiger partial charge in [-0.2, -0.15) is 5.10 Å². The molecule has 0 atom stereocenters. The van der Waals surface area contributed by atoms with Crippen LogP contribution in [0.3, 0.4) is 0 Å². The molecule has 0 bridgehead atoms. The van der Waals surface area contributed by atoms with Gasteiger partial charge in [0.05, 0.1) is 5.69 Å². The van der Waals surface area contributed by atoms with Crippen LogP contribution in [-0.2, 0) is 0 Å². The molecule has 0 aliphatic heterocycles. The van der Waals surface area contributed by atoms with Crippen molar-refractivity contribution in [1.29, 1.82) is 0 Å². The topological polar surface area (TPSA) is 28.7 Å². The minimum atomic E-state index is 0. The van der Waals surface area contributed by atoms with Crippen molar-refractivity contribution in [1.82, 2.24) is 10.2 Å². The Balaban J connectivity index is 0.000000720. The van der Waals surface area contributed by atoms with Gasteiger partial charge in [0, 0.05) is 6.20 Å². The Hall–Kier alpha value is -1.57. The van der Waals surface area contributed by atoms with Crippen molar-refractivity contribution in [3.8, 4) is 11.3 Å². The van der Waals surface area contributed by atoms with E-state index in [1.54, 1.807) is 6.20 Å². The van der Waals surface area contributed by atoms with E-state index in [4.69, 9.17) is 0 Å². The maximum absolute atomic E-state index is 3.87. The third kappa shape index (κ3) is 1.53. The highest BCUT2D eigenvalue weighted by Gasteiger charge is 1.94. The van der Waals surface area contributed by atoms with Crippen molar-refractivity contribution in [3.05, 3.63) is 42.6 Å². The van der Waals surface area contributed by atoms with Crippen LogP contribution in [0.5, 0.6) is 0 Å². The molecule has 2 aromatic rings. The third-order valence-electron chi connectivity index (χ3n) is 1.59. The summed E-state index contributed by atoms with van der Waals surface area (Å²) in [6, 6.07) is 12.1. The Morgan fingerprint density at radius 1 is 1.00 bits per heavy atom. The molecule has 2 rings (SSSR count). The Morgan fingerprint density at radius 2 is 1.75 bits per heavy atom. The summed E-state index contributed by atoms with van der Waals surface area (Å²) >= 11 is 0. The van der Waals surface area contributed by atoms with Crippen LogP contribution in [0.2, 0.25) is 0 Å². The number of aromatic amines is 1. The van der Waals surface area contributed by atoms with Crippen molar-refractivity contribution in [2.45, 2.75) is 7.43 Å². The molecule has 0 fully saturated rings. The van der Waals surface area contributed by atoms with Crippen molar-refractivity contribution < 1.29 is 0 Å². The van der Waals surface area contributed by atoms with Crippen LogP contribution in [-0.4, -0.2) is 10.2 Å². The number of H-pyrrole nitrogens is 1. The van der Waals surface area contributed by atoms with Crippen LogP contribution in [0, 0.1) is 0 Å². The summed E-state index contributed by atoms with van der Waals surface area (Å²) in [5, 5.41) is 6.78. The first kappa shape index (κ1) is 8.53. The number of nitrogens with one attached hydrogen (secondary N) is 1. The Labute approximate surface area is 72.3 Å². The smallest absolute Gasteiger partial charge is 0.0650 e. The van der Waals surface area contributed by atoms with Gasteiger partial charge >= 0.3 is 0 Å². The molecule has 0 amide bonds. The molecule has 0 saturated heterocycles. The SMILES string of the molecule is C.c1ccc(-c2ccn[nH]2)cc1. The number of rotatable bonds is 1. The van der Waals surface area contributed by atoms with Gasteiger partial charge in [-0.1, -0.05) is 37.8 Å². The molecule has 0 saturated carbocycles. The van der Waals surface area contributed by atoms with E-state index >= 15 is 0 Å². The fourth-order valence-electron chi connectivity index (χ4n) is 1.03. The second kappa shape index (κ2) is 3.72. The molecule has 62 valence electrons. The van der Waals surface area contributed by atoms with Crippen LogP contribution in [0.4, 0.5) is 0 Å². The molecule has 0 aliphatic rings. The van der Waals surface area contributed by atoms with Gasteiger partial charge < -0.3 is 0 Å². The van der Waals surface area contributed by atoms with E-state index < -0.39 is 0 Å². The molecule has 0 aliphatic carbocycles. The Bertz CT molecular complexity index is 311. The average Bonchev–Trinajstić information content (AvgIpc) is 2.58. The van der Waals surface area contributed by atoms with E-state index in [-0.39, 0.29) is 7.43 Å². The summed E-state index contributed by atoms with van der Waals surface area (Å²) in [5.74, 6) is 0. The van der Waals surface area contributed by atoms with Gasteiger partial charge in [0.15, 0.2) is 0 Å². The molecular weight excluding hydrogens is 148 g/mol. The second-order valence-electron chi connectivity index (χ2n) is 2.34. The molecular formula is C10H12N2. The first-order chi connectivity index (χ1) is 5.47. The van der Waals surface area contributed by atoms with Crippen LogP contribution in [0.1, 0.15) is 7.43 Å². The lowest BCUT2D eigenvalue weighted by molar-refractivity contribution is 1.10. The molecule has 2 nitrogen and oxygen atoms in total. The third-order valence-corrected chi connectivity index (χ3v) is 1.59. The normalized spacial score (nSPS) is 9.00. The summed E-state index contributed by atoms with van der Waals surface area (Å²) in [5.41, 5.74) is 2.23. The van der Waals surface area contributed by atoms with Gasteiger partial charge in [0.2, 0.25) is 0 Å². The highest BCUT2D eigenvalue weighted by molar-refractivity contribution is 5.57. The fraction of sp³-hybridized carbons (Fsp3) is 0.100. The standard InChI is InChI=1S/C9H8N2.CH4/c1-2-4-8(5-3-1)9-6-7-10-11-9;/h1-7H,(H,10,11);1H4. The molecule has 1 aromatic heterocycles. The first-order valence-electron chi connectivity index (χ1n) is 3.51. The molecule has 0 unspecified atom stereocenters. The molecule has 0 spiro atoms.